The van der Waals surface area contributed by atoms with Crippen LogP contribution in [0.2, 0.25) is 0 Å². The third-order valence-electron chi connectivity index (χ3n) is 5.38. The van der Waals surface area contributed by atoms with Crippen LogP contribution in [0.4, 0.5) is 0 Å². The fourth-order valence-electron chi connectivity index (χ4n) is 3.72. The zero-order valence-electron chi connectivity index (χ0n) is 17.2. The van der Waals surface area contributed by atoms with Gasteiger partial charge in [0, 0.05) is 13.1 Å². The second-order valence-corrected chi connectivity index (χ2v) is 9.64. The Morgan fingerprint density at radius 2 is 1.79 bits per heavy atom. The van der Waals surface area contributed by atoms with E-state index in [2.05, 4.69) is 6.58 Å². The average molecular weight is 417 g/mol. The first-order chi connectivity index (χ1) is 13.8. The van der Waals surface area contributed by atoms with Crippen LogP contribution < -0.4 is 4.90 Å². The van der Waals surface area contributed by atoms with Crippen LogP contribution in [-0.2, 0) is 14.8 Å². The van der Waals surface area contributed by atoms with E-state index in [0.29, 0.717) is 50.7 Å². The monoisotopic (exact) mass is 416 g/mol. The lowest BCUT2D eigenvalue weighted by molar-refractivity contribution is -0.896. The number of nitrogens with one attached hydrogen (secondary N) is 1. The van der Waals surface area contributed by atoms with Gasteiger partial charge in [0.05, 0.1) is 31.1 Å². The van der Waals surface area contributed by atoms with Crippen LogP contribution in [0.5, 0.6) is 0 Å². The highest BCUT2D eigenvalue weighted by Crippen LogP contribution is 2.21. The van der Waals surface area contributed by atoms with Gasteiger partial charge in [-0.05, 0) is 36.8 Å². The summed E-state index contributed by atoms with van der Waals surface area (Å²) in [5.41, 5.74) is 0.960. The summed E-state index contributed by atoms with van der Waals surface area (Å²) in [5, 5.41) is 1.94. The first-order valence-corrected chi connectivity index (χ1v) is 11.5. The van der Waals surface area contributed by atoms with Crippen molar-refractivity contribution in [1.82, 2.24) is 9.21 Å². The molecule has 29 heavy (non-hydrogen) atoms. The minimum Gasteiger partial charge on any atom is -0.334 e. The molecule has 1 saturated heterocycles. The third kappa shape index (κ3) is 5.04. The van der Waals surface area contributed by atoms with Gasteiger partial charge >= 0.3 is 0 Å². The first-order valence-electron chi connectivity index (χ1n) is 10.1. The summed E-state index contributed by atoms with van der Waals surface area (Å²) < 4.78 is 27.7. The lowest BCUT2D eigenvalue weighted by atomic mass is 10.1. The van der Waals surface area contributed by atoms with E-state index >= 15 is 0 Å². The molecule has 0 bridgehead atoms. The lowest BCUT2D eigenvalue weighted by Gasteiger charge is -2.32. The molecule has 1 aliphatic rings. The first kappa shape index (κ1) is 21.5. The molecule has 0 atom stereocenters. The Bertz CT molecular complexity index is 995. The van der Waals surface area contributed by atoms with E-state index in [-0.39, 0.29) is 5.91 Å². The van der Waals surface area contributed by atoms with Crippen molar-refractivity contribution >= 4 is 26.7 Å². The second-order valence-electron chi connectivity index (χ2n) is 7.70. The molecular weight excluding hydrogens is 386 g/mol. The summed E-state index contributed by atoms with van der Waals surface area (Å²) >= 11 is 0. The standard InChI is InChI=1S/C22H29N3O3S/c1-4-24(16-18(2)3)22(26)17-23-11-13-25(14-12-23)29(27,28)21-10-9-19-7-5-6-8-20(19)15-21/h5-10,15H,2,4,11-14,16-17H2,1,3H3/p+1. The molecule has 0 spiro atoms. The van der Waals surface area contributed by atoms with Crippen molar-refractivity contribution in [3.05, 3.63) is 54.6 Å². The second kappa shape index (κ2) is 9.07. The Morgan fingerprint density at radius 1 is 1.14 bits per heavy atom. The number of nitrogens with zero attached hydrogens (tertiary/aromatic N) is 2. The molecule has 1 N–H and O–H groups in total. The Morgan fingerprint density at radius 3 is 2.41 bits per heavy atom. The van der Waals surface area contributed by atoms with Crippen LogP contribution in [0.15, 0.2) is 59.5 Å². The van der Waals surface area contributed by atoms with Crippen LogP contribution in [-0.4, -0.2) is 69.3 Å². The van der Waals surface area contributed by atoms with Gasteiger partial charge in [0.1, 0.15) is 0 Å². The summed E-state index contributed by atoms with van der Waals surface area (Å²) in [5.74, 6) is 0.0938. The number of hydrogen-bond acceptors (Lipinski definition) is 3. The Labute approximate surface area is 173 Å². The lowest BCUT2D eigenvalue weighted by Crippen LogP contribution is -3.15. The molecule has 0 saturated carbocycles. The topological polar surface area (TPSA) is 62.1 Å². The molecule has 3 rings (SSSR count). The van der Waals surface area contributed by atoms with Crippen LogP contribution in [0.25, 0.3) is 10.8 Å². The van der Waals surface area contributed by atoms with E-state index in [1.165, 1.54) is 4.31 Å². The number of benzene rings is 2. The molecular formula is C22H30N3O3S+. The Hall–Kier alpha value is -2.22. The molecule has 6 nitrogen and oxygen atoms in total. The molecule has 1 amide bonds. The fourth-order valence-corrected chi connectivity index (χ4v) is 5.20. The van der Waals surface area contributed by atoms with Gasteiger partial charge in [-0.3, -0.25) is 4.79 Å². The Kier molecular flexibility index (Phi) is 6.72. The highest BCUT2D eigenvalue weighted by Gasteiger charge is 2.31. The summed E-state index contributed by atoms with van der Waals surface area (Å²) in [6.45, 7) is 11.5. The van der Waals surface area contributed by atoms with Crippen LogP contribution in [0.3, 0.4) is 0 Å². The van der Waals surface area contributed by atoms with Crippen molar-refractivity contribution in [2.75, 3.05) is 45.8 Å². The number of hydrogen-bond donors (Lipinski definition) is 1. The van der Waals surface area contributed by atoms with Gasteiger partial charge in [-0.2, -0.15) is 4.31 Å². The van der Waals surface area contributed by atoms with Crippen molar-refractivity contribution < 1.29 is 18.1 Å². The van der Waals surface area contributed by atoms with Crippen molar-refractivity contribution in [2.45, 2.75) is 18.7 Å². The maximum Gasteiger partial charge on any atom is 0.278 e. The molecule has 7 heteroatoms. The normalized spacial score (nSPS) is 16.1. The van der Waals surface area contributed by atoms with Gasteiger partial charge in [0.2, 0.25) is 10.0 Å². The number of amides is 1. The molecule has 156 valence electrons. The maximum absolute atomic E-state index is 13.1. The van der Waals surface area contributed by atoms with Gasteiger partial charge in [-0.1, -0.05) is 42.5 Å². The average Bonchev–Trinajstić information content (AvgIpc) is 2.71. The smallest absolute Gasteiger partial charge is 0.278 e. The summed E-state index contributed by atoms with van der Waals surface area (Å²) in [4.78, 5) is 15.8. The predicted octanol–water partition coefficient (Wildman–Crippen LogP) is 1.15. The third-order valence-corrected chi connectivity index (χ3v) is 7.28. The molecule has 0 aromatic heterocycles. The van der Waals surface area contributed by atoms with Crippen molar-refractivity contribution in [1.29, 1.82) is 0 Å². The molecule has 0 unspecified atom stereocenters. The van der Waals surface area contributed by atoms with E-state index in [4.69, 9.17) is 0 Å². The molecule has 1 fully saturated rings. The van der Waals surface area contributed by atoms with E-state index < -0.39 is 10.0 Å². The SMILES string of the molecule is C=C(C)CN(CC)C(=O)C[NH+]1CCN(S(=O)(=O)c2ccc3ccccc3c2)CC1. The fraction of sp³-hybridized carbons (Fsp3) is 0.409. The number of carbonyl (C=O) groups excluding carboxylic acids is 1. The van der Waals surface area contributed by atoms with Crippen molar-refractivity contribution in [3.8, 4) is 0 Å². The van der Waals surface area contributed by atoms with Gasteiger partial charge in [-0.25, -0.2) is 8.42 Å². The number of quaternary nitrogens is 1. The van der Waals surface area contributed by atoms with Gasteiger partial charge in [0.25, 0.3) is 5.91 Å². The zero-order valence-corrected chi connectivity index (χ0v) is 18.0. The molecule has 0 radical (unpaired) electrons. The highest BCUT2D eigenvalue weighted by molar-refractivity contribution is 7.89. The molecule has 2 aromatic carbocycles. The van der Waals surface area contributed by atoms with Gasteiger partial charge in [-0.15, -0.1) is 0 Å². The highest BCUT2D eigenvalue weighted by atomic mass is 32.2. The predicted molar refractivity (Wildman–Crippen MR) is 115 cm³/mol. The Balaban J connectivity index is 1.63. The minimum atomic E-state index is -3.53. The molecule has 1 aliphatic heterocycles. The minimum absolute atomic E-state index is 0.0938. The van der Waals surface area contributed by atoms with Crippen LogP contribution >= 0.6 is 0 Å². The summed E-state index contributed by atoms with van der Waals surface area (Å²) in [6, 6.07) is 13.0. The number of fused-ring (bicyclic) bond motifs is 1. The molecule has 1 heterocycles. The van der Waals surface area contributed by atoms with Gasteiger partial charge < -0.3 is 9.80 Å². The van der Waals surface area contributed by atoms with E-state index in [0.717, 1.165) is 21.2 Å². The number of piperazine rings is 1. The van der Waals surface area contributed by atoms with Gasteiger partial charge in [0.15, 0.2) is 6.54 Å². The summed E-state index contributed by atoms with van der Waals surface area (Å²) in [6.07, 6.45) is 0. The number of sulfonamides is 1. The van der Waals surface area contributed by atoms with Crippen LogP contribution in [0.1, 0.15) is 13.8 Å². The number of carbonyl (C=O) groups is 1. The maximum atomic E-state index is 13.1. The van der Waals surface area contributed by atoms with Crippen LogP contribution in [0, 0.1) is 0 Å². The number of rotatable bonds is 7. The van der Waals surface area contributed by atoms with E-state index in [1.54, 1.807) is 17.0 Å². The van der Waals surface area contributed by atoms with Crippen molar-refractivity contribution in [3.63, 3.8) is 0 Å². The molecule has 2 aromatic rings. The van der Waals surface area contributed by atoms with E-state index in [9.17, 15) is 13.2 Å². The molecule has 0 aliphatic carbocycles. The quantitative estimate of drug-likeness (QED) is 0.689. The van der Waals surface area contributed by atoms with Crippen molar-refractivity contribution in [2.24, 2.45) is 0 Å². The largest absolute Gasteiger partial charge is 0.334 e. The summed E-state index contributed by atoms with van der Waals surface area (Å²) in [7, 11) is -3.53. The zero-order chi connectivity index (χ0) is 21.0. The van der Waals surface area contributed by atoms with E-state index in [1.807, 2.05) is 44.2 Å². The number of likely N-dealkylation sites (N-methyl/N-ethyl adjacent to an activating group) is 1.